The van der Waals surface area contributed by atoms with Gasteiger partial charge in [0, 0.05) is 25.7 Å². The lowest BCUT2D eigenvalue weighted by Gasteiger charge is -2.08. The van der Waals surface area contributed by atoms with Gasteiger partial charge in [-0.15, -0.1) is 0 Å². The molecule has 0 fully saturated rings. The maximum atomic E-state index is 12.4. The van der Waals surface area contributed by atoms with E-state index in [2.05, 4.69) is 15.7 Å². The molecular formula is C15H16N6O6. The van der Waals surface area contributed by atoms with Gasteiger partial charge in [-0.1, -0.05) is 6.92 Å². The monoisotopic (exact) mass is 376 g/mol. The Hall–Kier alpha value is -3.83. The predicted molar refractivity (Wildman–Crippen MR) is 93.5 cm³/mol. The first-order valence-electron chi connectivity index (χ1n) is 7.80. The van der Waals surface area contributed by atoms with Crippen molar-refractivity contribution in [3.05, 3.63) is 55.9 Å². The van der Waals surface area contributed by atoms with Crippen LogP contribution in [0, 0.1) is 20.2 Å². The number of hydrogen-bond donors (Lipinski definition) is 2. The molecule has 0 spiro atoms. The van der Waals surface area contributed by atoms with Crippen LogP contribution >= 0.6 is 0 Å². The van der Waals surface area contributed by atoms with Crippen molar-refractivity contribution in [2.45, 2.75) is 13.3 Å². The molecule has 0 aliphatic heterocycles. The number of nitro groups is 2. The molecule has 2 amide bonds. The zero-order valence-corrected chi connectivity index (χ0v) is 14.5. The topological polar surface area (TPSA) is 162 Å². The van der Waals surface area contributed by atoms with Crippen molar-refractivity contribution in [1.29, 1.82) is 0 Å². The van der Waals surface area contributed by atoms with E-state index in [1.165, 1.54) is 17.9 Å². The second kappa shape index (κ2) is 8.03. The van der Waals surface area contributed by atoms with Crippen molar-refractivity contribution in [1.82, 2.24) is 15.1 Å². The average Bonchev–Trinajstić information content (AvgIpc) is 2.99. The fourth-order valence-electron chi connectivity index (χ4n) is 2.25. The largest absolute Gasteiger partial charge is 0.351 e. The number of aryl methyl sites for hydroxylation is 1. The Kier molecular flexibility index (Phi) is 5.80. The maximum absolute atomic E-state index is 12.4. The third-order valence-electron chi connectivity index (χ3n) is 3.52. The minimum atomic E-state index is -0.848. The van der Waals surface area contributed by atoms with Gasteiger partial charge in [0.15, 0.2) is 0 Å². The molecule has 0 unspecified atom stereocenters. The van der Waals surface area contributed by atoms with Crippen molar-refractivity contribution in [3.63, 3.8) is 0 Å². The zero-order valence-electron chi connectivity index (χ0n) is 14.5. The van der Waals surface area contributed by atoms with Gasteiger partial charge in [-0.05, 0) is 6.42 Å². The molecule has 27 heavy (non-hydrogen) atoms. The summed E-state index contributed by atoms with van der Waals surface area (Å²) in [7, 11) is 1.51. The van der Waals surface area contributed by atoms with Crippen molar-refractivity contribution in [2.75, 3.05) is 11.9 Å². The van der Waals surface area contributed by atoms with Gasteiger partial charge >= 0.3 is 0 Å². The van der Waals surface area contributed by atoms with E-state index in [0.29, 0.717) is 13.0 Å². The molecule has 2 rings (SSSR count). The summed E-state index contributed by atoms with van der Waals surface area (Å²) in [5.74, 6) is -1.31. The van der Waals surface area contributed by atoms with Crippen LogP contribution in [0.25, 0.3) is 0 Å². The molecule has 0 saturated carbocycles. The Morgan fingerprint density at radius 3 is 2.22 bits per heavy atom. The van der Waals surface area contributed by atoms with Crippen LogP contribution in [0.1, 0.15) is 34.2 Å². The summed E-state index contributed by atoms with van der Waals surface area (Å²) in [6.07, 6.45) is 1.95. The molecular weight excluding hydrogens is 360 g/mol. The van der Waals surface area contributed by atoms with Crippen LogP contribution in [-0.2, 0) is 7.05 Å². The Bertz CT molecular complexity index is 889. The SMILES string of the molecule is CCCNC(=O)c1c(NC(=O)c2cc([N+](=O)[O-])cc([N+](=O)[O-])c2)cnn1C. The lowest BCUT2D eigenvalue weighted by molar-refractivity contribution is -0.394. The number of benzene rings is 1. The summed E-state index contributed by atoms with van der Waals surface area (Å²) in [5.41, 5.74) is -1.33. The van der Waals surface area contributed by atoms with E-state index in [1.54, 1.807) is 0 Å². The molecule has 2 aromatic rings. The number of hydrogen-bond acceptors (Lipinski definition) is 7. The van der Waals surface area contributed by atoms with Crippen LogP contribution in [0.2, 0.25) is 0 Å². The Balaban J connectivity index is 2.34. The number of aromatic nitrogens is 2. The number of nitrogens with zero attached hydrogens (tertiary/aromatic N) is 4. The normalized spacial score (nSPS) is 10.3. The summed E-state index contributed by atoms with van der Waals surface area (Å²) < 4.78 is 1.26. The minimum absolute atomic E-state index is 0.0743. The maximum Gasteiger partial charge on any atom is 0.277 e. The standard InChI is InChI=1S/C15H16N6O6/c1-3-4-16-15(23)13-12(8-17-19(13)2)18-14(22)9-5-10(20(24)25)7-11(6-9)21(26)27/h5-8H,3-4H2,1-2H3,(H,16,23)(H,18,22). The molecule has 142 valence electrons. The summed E-state index contributed by atoms with van der Waals surface area (Å²) in [4.78, 5) is 44.9. The fraction of sp³-hybridized carbons (Fsp3) is 0.267. The van der Waals surface area contributed by atoms with Gasteiger partial charge in [0.25, 0.3) is 23.2 Å². The second-order valence-corrected chi connectivity index (χ2v) is 5.49. The number of carbonyl (C=O) groups is 2. The molecule has 0 aliphatic carbocycles. The van der Waals surface area contributed by atoms with E-state index in [9.17, 15) is 29.8 Å². The molecule has 0 saturated heterocycles. The molecule has 12 nitrogen and oxygen atoms in total. The fourth-order valence-corrected chi connectivity index (χ4v) is 2.25. The minimum Gasteiger partial charge on any atom is -0.351 e. The highest BCUT2D eigenvalue weighted by Crippen LogP contribution is 2.24. The van der Waals surface area contributed by atoms with Gasteiger partial charge in [0.05, 0.1) is 33.4 Å². The predicted octanol–water partition coefficient (Wildman–Crippen LogP) is 1.63. The molecule has 12 heteroatoms. The Labute approximate surface area is 152 Å². The second-order valence-electron chi connectivity index (χ2n) is 5.49. The van der Waals surface area contributed by atoms with E-state index in [-0.39, 0.29) is 16.9 Å². The van der Waals surface area contributed by atoms with Gasteiger partial charge in [0.2, 0.25) is 0 Å². The molecule has 1 heterocycles. The van der Waals surface area contributed by atoms with Gasteiger partial charge < -0.3 is 10.6 Å². The van der Waals surface area contributed by atoms with Crippen LogP contribution in [-0.4, -0.2) is 38.0 Å². The number of nitrogens with one attached hydrogen (secondary N) is 2. The van der Waals surface area contributed by atoms with Crippen molar-refractivity contribution in [2.24, 2.45) is 7.05 Å². The van der Waals surface area contributed by atoms with E-state index in [4.69, 9.17) is 0 Å². The number of carbonyl (C=O) groups excluding carboxylic acids is 2. The van der Waals surface area contributed by atoms with Crippen LogP contribution in [0.3, 0.4) is 0 Å². The van der Waals surface area contributed by atoms with E-state index >= 15 is 0 Å². The third kappa shape index (κ3) is 4.42. The van der Waals surface area contributed by atoms with Crippen LogP contribution in [0.15, 0.2) is 24.4 Å². The zero-order chi connectivity index (χ0) is 20.1. The summed E-state index contributed by atoms with van der Waals surface area (Å²) in [6.45, 7) is 2.30. The molecule has 0 atom stereocenters. The highest BCUT2D eigenvalue weighted by atomic mass is 16.6. The first-order valence-corrected chi connectivity index (χ1v) is 7.80. The van der Waals surface area contributed by atoms with E-state index in [0.717, 1.165) is 18.2 Å². The molecule has 2 N–H and O–H groups in total. The average molecular weight is 376 g/mol. The third-order valence-corrected chi connectivity index (χ3v) is 3.52. The smallest absolute Gasteiger partial charge is 0.277 e. The quantitative estimate of drug-likeness (QED) is 0.548. The van der Waals surface area contributed by atoms with E-state index < -0.39 is 33.0 Å². The van der Waals surface area contributed by atoms with Crippen LogP contribution in [0.4, 0.5) is 17.1 Å². The van der Waals surface area contributed by atoms with Gasteiger partial charge in [-0.3, -0.25) is 34.5 Å². The highest BCUT2D eigenvalue weighted by Gasteiger charge is 2.23. The van der Waals surface area contributed by atoms with Crippen molar-refractivity contribution >= 4 is 28.9 Å². The first-order chi connectivity index (χ1) is 12.7. The van der Waals surface area contributed by atoms with Crippen molar-refractivity contribution < 1.29 is 19.4 Å². The summed E-state index contributed by atoms with van der Waals surface area (Å²) in [6, 6.07) is 2.58. The first kappa shape index (κ1) is 19.5. The number of rotatable bonds is 7. The number of anilines is 1. The number of non-ortho nitro benzene ring substituents is 2. The highest BCUT2D eigenvalue weighted by molar-refractivity contribution is 6.08. The lowest BCUT2D eigenvalue weighted by Crippen LogP contribution is -2.27. The molecule has 0 aliphatic rings. The van der Waals surface area contributed by atoms with Gasteiger partial charge in [-0.2, -0.15) is 5.10 Å². The molecule has 1 aromatic heterocycles. The van der Waals surface area contributed by atoms with Crippen LogP contribution in [0.5, 0.6) is 0 Å². The number of amides is 2. The van der Waals surface area contributed by atoms with Gasteiger partial charge in [0.1, 0.15) is 5.69 Å². The molecule has 0 radical (unpaired) electrons. The summed E-state index contributed by atoms with van der Waals surface area (Å²) in [5, 5.41) is 30.8. The van der Waals surface area contributed by atoms with Crippen molar-refractivity contribution in [3.8, 4) is 0 Å². The number of nitro benzene ring substituents is 2. The van der Waals surface area contributed by atoms with Crippen LogP contribution < -0.4 is 10.6 Å². The summed E-state index contributed by atoms with van der Waals surface area (Å²) >= 11 is 0. The van der Waals surface area contributed by atoms with E-state index in [1.807, 2.05) is 6.92 Å². The lowest BCUT2D eigenvalue weighted by atomic mass is 10.1. The molecule has 0 bridgehead atoms. The Morgan fingerprint density at radius 2 is 1.70 bits per heavy atom. The van der Waals surface area contributed by atoms with Gasteiger partial charge in [-0.25, -0.2) is 0 Å². The Morgan fingerprint density at radius 1 is 1.11 bits per heavy atom. The molecule has 1 aromatic carbocycles.